The van der Waals surface area contributed by atoms with Crippen LogP contribution in [0.2, 0.25) is 0 Å². The maximum atomic E-state index is 15.4. The van der Waals surface area contributed by atoms with E-state index in [0.717, 1.165) is 37.9 Å². The second-order valence-corrected chi connectivity index (χ2v) is 18.4. The van der Waals surface area contributed by atoms with Crippen molar-refractivity contribution in [1.82, 2.24) is 10.2 Å². The van der Waals surface area contributed by atoms with Crippen molar-refractivity contribution in [1.29, 1.82) is 0 Å². The molecule has 1 fully saturated rings. The molecule has 3 atom stereocenters. The van der Waals surface area contributed by atoms with Gasteiger partial charge in [0, 0.05) is 0 Å². The molecule has 1 N–H and O–H groups in total. The van der Waals surface area contributed by atoms with E-state index in [1.807, 2.05) is 146 Å². The quantitative estimate of drug-likeness (QED) is 0.0840. The summed E-state index contributed by atoms with van der Waals surface area (Å²) < 4.78 is 6.67. The lowest BCUT2D eigenvalue weighted by Crippen LogP contribution is -2.71. The minimum atomic E-state index is -2.86. The summed E-state index contributed by atoms with van der Waals surface area (Å²) in [5.74, 6) is -1.16. The van der Waals surface area contributed by atoms with Gasteiger partial charge in [0.05, 0.1) is 11.7 Å². The molecule has 8 rings (SSSR count). The number of rotatable bonds is 11. The second-order valence-electron chi connectivity index (χ2n) is 13.6. The van der Waals surface area contributed by atoms with Gasteiger partial charge in [0.1, 0.15) is 39.9 Å². The Morgan fingerprint density at radius 3 is 1.53 bits per heavy atom. The number of carbonyl (C=O) groups is 3. The molecule has 6 aromatic carbocycles. The lowest BCUT2D eigenvalue weighted by atomic mass is 10.0. The van der Waals surface area contributed by atoms with Crippen molar-refractivity contribution in [2.45, 2.75) is 36.1 Å². The molecule has 0 spiro atoms. The van der Waals surface area contributed by atoms with Gasteiger partial charge in [0.2, 0.25) is 5.91 Å². The normalized spacial score (nSPS) is 18.0. The fourth-order valence-electron chi connectivity index (χ4n) is 7.77. The molecule has 2 heterocycles. The molecule has 0 bridgehead atoms. The summed E-state index contributed by atoms with van der Waals surface area (Å²) in [6, 6.07) is 59.0. The third kappa shape index (κ3) is 6.91. The van der Waals surface area contributed by atoms with Crippen molar-refractivity contribution in [2.24, 2.45) is 0 Å². The number of nitrogens with zero attached hydrogens (tertiary/aromatic N) is 1. The zero-order chi connectivity index (χ0) is 37.8. The van der Waals surface area contributed by atoms with Crippen LogP contribution in [0.4, 0.5) is 0 Å². The highest BCUT2D eigenvalue weighted by atomic mass is 32.2. The minimum Gasteiger partial charge on any atom is -0.448 e. The number of thioether (sulfide) groups is 1. The number of ether oxygens (including phenoxy) is 1. The Kier molecular flexibility index (Phi) is 10.5. The zero-order valence-electron chi connectivity index (χ0n) is 30.3. The lowest BCUT2D eigenvalue weighted by Gasteiger charge is -2.52. The Hall–Kier alpha value is -5.75. The molecule has 272 valence electrons. The Labute approximate surface area is 326 Å². The maximum Gasteiger partial charge on any atom is 0.359 e. The van der Waals surface area contributed by atoms with Crippen LogP contribution in [0.5, 0.6) is 0 Å². The van der Waals surface area contributed by atoms with Crippen LogP contribution in [0.25, 0.3) is 0 Å². The van der Waals surface area contributed by atoms with Crippen molar-refractivity contribution < 1.29 is 19.1 Å². The van der Waals surface area contributed by atoms with Crippen molar-refractivity contribution in [3.8, 4) is 0 Å². The van der Waals surface area contributed by atoms with Crippen molar-refractivity contribution in [2.75, 3.05) is 0 Å². The van der Waals surface area contributed by atoms with Crippen LogP contribution in [-0.2, 0) is 25.5 Å². The molecule has 2 amide bonds. The molecule has 0 aliphatic carbocycles. The number of benzene rings is 6. The Bertz CT molecular complexity index is 2170. The number of carbonyl (C=O) groups excluding carboxylic acids is 3. The van der Waals surface area contributed by atoms with Crippen LogP contribution in [-0.4, -0.2) is 39.3 Å². The molecule has 1 saturated heterocycles. The van der Waals surface area contributed by atoms with Gasteiger partial charge in [-0.2, -0.15) is 0 Å². The maximum absolute atomic E-state index is 15.4. The minimum absolute atomic E-state index is 0.147. The van der Waals surface area contributed by atoms with Gasteiger partial charge in [-0.3, -0.25) is 14.5 Å². The van der Waals surface area contributed by atoms with Crippen molar-refractivity contribution in [3.63, 3.8) is 0 Å². The molecule has 8 heteroatoms. The summed E-state index contributed by atoms with van der Waals surface area (Å²) in [6.45, 7) is 2.12. The predicted octanol–water partition coefficient (Wildman–Crippen LogP) is 7.56. The summed E-state index contributed by atoms with van der Waals surface area (Å²) in [6.07, 6.45) is -0.587. The van der Waals surface area contributed by atoms with Crippen LogP contribution in [0.3, 0.4) is 0 Å². The topological polar surface area (TPSA) is 75.7 Å². The monoisotopic (exact) mass is 759 g/mol. The number of β-lactam (4-membered cyclic amide) rings is 1. The summed E-state index contributed by atoms with van der Waals surface area (Å²) in [5, 5.41) is 6.27. The number of fused-ring (bicyclic) bond motifs is 1. The molecule has 2 aliphatic heterocycles. The average Bonchev–Trinajstić information content (AvgIpc) is 3.24. The molecule has 2 aliphatic rings. The molecule has 55 heavy (non-hydrogen) atoms. The van der Waals surface area contributed by atoms with Gasteiger partial charge in [0.15, 0.2) is 11.8 Å². The second kappa shape index (κ2) is 15.9. The van der Waals surface area contributed by atoms with Gasteiger partial charge in [0.25, 0.3) is 5.91 Å². The van der Waals surface area contributed by atoms with Gasteiger partial charge in [-0.1, -0.05) is 146 Å². The van der Waals surface area contributed by atoms with Gasteiger partial charge in [-0.25, -0.2) is 4.79 Å². The van der Waals surface area contributed by atoms with E-state index >= 15 is 4.79 Å². The van der Waals surface area contributed by atoms with Gasteiger partial charge < -0.3 is 10.1 Å². The van der Waals surface area contributed by atoms with E-state index in [1.54, 1.807) is 16.7 Å². The number of esters is 1. The standard InChI is InChI=1S/C47H39N2O4PS/c1-33-44(54(37-26-14-5-15-27-37,38-28-16-6-17-29-38)39-30-18-7-19-31-39)42(47(52)53-43(35-22-10-3-11-23-35)36-24-12-4-13-25-36)49-45(51)41(46(49)55-33)48-40(50)32-34-20-8-2-9-21-34/h2-31,33,41,43,46H,32H2,1H3/p+1/t33?,41?,46-/m1/s1. The van der Waals surface area contributed by atoms with Gasteiger partial charge in [-0.15, -0.1) is 11.8 Å². The van der Waals surface area contributed by atoms with Gasteiger partial charge >= 0.3 is 5.97 Å². The summed E-state index contributed by atoms with van der Waals surface area (Å²) >= 11 is 1.60. The van der Waals surface area contributed by atoms with Crippen molar-refractivity contribution in [3.05, 3.63) is 210 Å². The summed E-state index contributed by atoms with van der Waals surface area (Å²) in [4.78, 5) is 45.0. The largest absolute Gasteiger partial charge is 0.448 e. The van der Waals surface area contributed by atoms with Crippen LogP contribution in [0, 0.1) is 0 Å². The van der Waals surface area contributed by atoms with E-state index in [9.17, 15) is 9.59 Å². The highest BCUT2D eigenvalue weighted by Crippen LogP contribution is 2.68. The van der Waals surface area contributed by atoms with Crippen molar-refractivity contribution >= 4 is 52.7 Å². The molecular weight excluding hydrogens is 720 g/mol. The highest BCUT2D eigenvalue weighted by molar-refractivity contribution is 8.04. The summed E-state index contributed by atoms with van der Waals surface area (Å²) in [7, 11) is -2.86. The average molecular weight is 760 g/mol. The summed E-state index contributed by atoms with van der Waals surface area (Å²) in [5.41, 5.74) is 2.73. The first-order chi connectivity index (χ1) is 27.0. The predicted molar refractivity (Wildman–Crippen MR) is 223 cm³/mol. The van der Waals surface area contributed by atoms with E-state index in [2.05, 4.69) is 48.6 Å². The molecule has 0 aromatic heterocycles. The molecule has 0 radical (unpaired) electrons. The van der Waals surface area contributed by atoms with E-state index in [0.29, 0.717) is 0 Å². The van der Waals surface area contributed by atoms with E-state index in [4.69, 9.17) is 4.74 Å². The lowest BCUT2D eigenvalue weighted by molar-refractivity contribution is -0.154. The van der Waals surface area contributed by atoms with Crippen LogP contribution < -0.4 is 21.2 Å². The Morgan fingerprint density at radius 1 is 0.655 bits per heavy atom. The van der Waals surface area contributed by atoms with Crippen LogP contribution in [0.1, 0.15) is 29.7 Å². The first-order valence-electron chi connectivity index (χ1n) is 18.4. The molecule has 2 unspecified atom stereocenters. The van der Waals surface area contributed by atoms with E-state index < -0.39 is 30.8 Å². The first kappa shape index (κ1) is 36.2. The first-order valence-corrected chi connectivity index (χ1v) is 21.1. The number of nitrogens with one attached hydrogen (secondary N) is 1. The number of amides is 2. The Morgan fingerprint density at radius 2 is 1.07 bits per heavy atom. The highest BCUT2D eigenvalue weighted by Gasteiger charge is 2.63. The third-order valence-electron chi connectivity index (χ3n) is 10.2. The SMILES string of the molecule is CC1S[C@@H]2C(NC(=O)Cc3ccccc3)C(=O)N2C(C(=O)OC(c2ccccc2)c2ccccc2)=C1[P+](c1ccccc1)(c1ccccc1)c1ccccc1. The zero-order valence-corrected chi connectivity index (χ0v) is 32.0. The number of hydrogen-bond acceptors (Lipinski definition) is 5. The molecule has 0 saturated carbocycles. The third-order valence-corrected chi connectivity index (χ3v) is 16.3. The van der Waals surface area contributed by atoms with Crippen LogP contribution in [0.15, 0.2) is 193 Å². The Balaban J connectivity index is 1.32. The smallest absolute Gasteiger partial charge is 0.359 e. The fourth-order valence-corrected chi connectivity index (χ4v) is 14.4. The van der Waals surface area contributed by atoms with E-state index in [-0.39, 0.29) is 29.2 Å². The molecule has 6 aromatic rings. The molecular formula is C47H40N2O4PS+. The van der Waals surface area contributed by atoms with E-state index in [1.165, 1.54) is 0 Å². The number of hydrogen-bond donors (Lipinski definition) is 1. The van der Waals surface area contributed by atoms with Crippen LogP contribution >= 0.6 is 19.0 Å². The van der Waals surface area contributed by atoms with Gasteiger partial charge in [-0.05, 0) is 60.0 Å². The fraction of sp³-hybridized carbons (Fsp3) is 0.128. The molecule has 6 nitrogen and oxygen atoms in total.